The van der Waals surface area contributed by atoms with Crippen molar-refractivity contribution < 1.29 is 24.6 Å². The van der Waals surface area contributed by atoms with Crippen molar-refractivity contribution >= 4 is 5.91 Å². The summed E-state index contributed by atoms with van der Waals surface area (Å²) >= 11 is 0. The van der Waals surface area contributed by atoms with Gasteiger partial charge in [0.05, 0.1) is 31.8 Å². The van der Waals surface area contributed by atoms with Crippen LogP contribution in [-0.2, 0) is 21.0 Å². The van der Waals surface area contributed by atoms with Crippen LogP contribution in [0.15, 0.2) is 30.3 Å². The minimum absolute atomic E-state index is 0.329. The Labute approximate surface area is 144 Å². The van der Waals surface area contributed by atoms with Crippen LogP contribution in [0.2, 0.25) is 0 Å². The minimum Gasteiger partial charge on any atom is -0.393 e. The van der Waals surface area contributed by atoms with Crippen molar-refractivity contribution in [2.75, 3.05) is 20.8 Å². The Balaban J connectivity index is 2.37. The lowest BCUT2D eigenvalue weighted by molar-refractivity contribution is -0.178. The van der Waals surface area contributed by atoms with Gasteiger partial charge in [-0.25, -0.2) is 5.06 Å². The predicted octanol–water partition coefficient (Wildman–Crippen LogP) is 1.61. The van der Waals surface area contributed by atoms with Gasteiger partial charge in [0, 0.05) is 19.6 Å². The first-order chi connectivity index (χ1) is 11.4. The molecule has 0 bridgehead atoms. The number of hydroxylamine groups is 2. The number of aliphatic hydroxyl groups excluding tert-OH is 2. The third kappa shape index (κ3) is 6.20. The number of ether oxygens (including phenoxy) is 1. The summed E-state index contributed by atoms with van der Waals surface area (Å²) < 4.78 is 5.55. The van der Waals surface area contributed by atoms with E-state index < -0.39 is 24.0 Å². The second-order valence-electron chi connectivity index (χ2n) is 6.05. The summed E-state index contributed by atoms with van der Waals surface area (Å²) in [5, 5.41) is 21.6. The molecule has 0 aromatic heterocycles. The highest BCUT2D eigenvalue weighted by molar-refractivity contribution is 5.77. The normalized spacial score (nSPS) is 16.2. The molecule has 0 spiro atoms. The van der Waals surface area contributed by atoms with Gasteiger partial charge in [0.15, 0.2) is 0 Å². The maximum absolute atomic E-state index is 12.0. The van der Waals surface area contributed by atoms with Crippen LogP contribution in [0, 0.1) is 11.8 Å². The molecule has 0 aliphatic heterocycles. The zero-order chi connectivity index (χ0) is 18.1. The summed E-state index contributed by atoms with van der Waals surface area (Å²) in [5.74, 6) is -1.44. The fourth-order valence-electron chi connectivity index (χ4n) is 2.44. The van der Waals surface area contributed by atoms with Gasteiger partial charge >= 0.3 is 0 Å². The van der Waals surface area contributed by atoms with Crippen molar-refractivity contribution in [3.05, 3.63) is 35.9 Å². The SMILES string of the molecule is CON(C)C(=O)[C@H](C)[C@H](O)[C@H](C)[C@@H](O)CCOCc1ccccc1. The molecule has 0 aliphatic rings. The summed E-state index contributed by atoms with van der Waals surface area (Å²) in [7, 11) is 2.88. The zero-order valence-electron chi connectivity index (χ0n) is 14.9. The molecule has 2 N–H and O–H groups in total. The number of aliphatic hydroxyl groups is 2. The molecule has 6 nitrogen and oxygen atoms in total. The molecule has 6 heteroatoms. The van der Waals surface area contributed by atoms with Crippen LogP contribution >= 0.6 is 0 Å². The van der Waals surface area contributed by atoms with Gasteiger partial charge in [-0.1, -0.05) is 44.2 Å². The van der Waals surface area contributed by atoms with Crippen LogP contribution in [0.3, 0.4) is 0 Å². The van der Waals surface area contributed by atoms with E-state index >= 15 is 0 Å². The van der Waals surface area contributed by atoms with Crippen molar-refractivity contribution in [2.24, 2.45) is 11.8 Å². The van der Waals surface area contributed by atoms with Gasteiger partial charge < -0.3 is 14.9 Å². The molecular formula is C18H29NO5. The van der Waals surface area contributed by atoms with Gasteiger partial charge in [-0.15, -0.1) is 0 Å². The first kappa shape index (κ1) is 20.6. The highest BCUT2D eigenvalue weighted by Gasteiger charge is 2.32. The Morgan fingerprint density at radius 2 is 1.83 bits per heavy atom. The van der Waals surface area contributed by atoms with E-state index in [1.165, 1.54) is 14.2 Å². The summed E-state index contributed by atoms with van der Waals surface area (Å²) in [6.07, 6.45) is -1.32. The van der Waals surface area contributed by atoms with Crippen molar-refractivity contribution in [3.8, 4) is 0 Å². The van der Waals surface area contributed by atoms with Gasteiger partial charge in [0.2, 0.25) is 0 Å². The minimum atomic E-state index is -0.959. The lowest BCUT2D eigenvalue weighted by Gasteiger charge is -2.29. The number of carbonyl (C=O) groups excluding carboxylic acids is 1. The van der Waals surface area contributed by atoms with Crippen molar-refractivity contribution in [1.82, 2.24) is 5.06 Å². The van der Waals surface area contributed by atoms with Crippen LogP contribution in [-0.4, -0.2) is 54.2 Å². The van der Waals surface area contributed by atoms with Crippen molar-refractivity contribution in [1.29, 1.82) is 0 Å². The number of carbonyl (C=O) groups is 1. The Bertz CT molecular complexity index is 482. The molecule has 136 valence electrons. The summed E-state index contributed by atoms with van der Waals surface area (Å²) in [5.41, 5.74) is 1.07. The summed E-state index contributed by atoms with van der Waals surface area (Å²) in [6.45, 7) is 4.21. The van der Waals surface area contributed by atoms with E-state index in [1.807, 2.05) is 30.3 Å². The van der Waals surface area contributed by atoms with Gasteiger partial charge in [0.25, 0.3) is 5.91 Å². The third-order valence-electron chi connectivity index (χ3n) is 4.30. The molecule has 1 aromatic rings. The van der Waals surface area contributed by atoms with Crippen LogP contribution in [0.25, 0.3) is 0 Å². The van der Waals surface area contributed by atoms with Crippen LogP contribution in [0.5, 0.6) is 0 Å². The monoisotopic (exact) mass is 339 g/mol. The van der Waals surface area contributed by atoms with E-state index in [2.05, 4.69) is 0 Å². The second kappa shape index (κ2) is 10.4. The number of amides is 1. The zero-order valence-corrected chi connectivity index (χ0v) is 14.9. The molecule has 0 aliphatic carbocycles. The van der Waals surface area contributed by atoms with Crippen molar-refractivity contribution in [2.45, 2.75) is 39.1 Å². The quantitative estimate of drug-likeness (QED) is 0.500. The molecular weight excluding hydrogens is 310 g/mol. The molecule has 1 amide bonds. The molecule has 0 saturated carbocycles. The summed E-state index contributed by atoms with van der Waals surface area (Å²) in [6, 6.07) is 9.79. The smallest absolute Gasteiger partial charge is 0.251 e. The van der Waals surface area contributed by atoms with Crippen LogP contribution < -0.4 is 0 Å². The van der Waals surface area contributed by atoms with Crippen LogP contribution in [0.4, 0.5) is 0 Å². The fraction of sp³-hybridized carbons (Fsp3) is 0.611. The molecule has 1 rings (SSSR count). The number of nitrogens with zero attached hydrogens (tertiary/aromatic N) is 1. The van der Waals surface area contributed by atoms with Crippen LogP contribution in [0.1, 0.15) is 25.8 Å². The predicted molar refractivity (Wildman–Crippen MR) is 90.8 cm³/mol. The average Bonchev–Trinajstić information content (AvgIpc) is 2.62. The number of rotatable bonds is 10. The van der Waals surface area contributed by atoms with Crippen molar-refractivity contribution in [3.63, 3.8) is 0 Å². The lowest BCUT2D eigenvalue weighted by atomic mass is 9.87. The third-order valence-corrected chi connectivity index (χ3v) is 4.30. The van der Waals surface area contributed by atoms with E-state index in [0.29, 0.717) is 19.6 Å². The van der Waals surface area contributed by atoms with E-state index in [-0.39, 0.29) is 5.91 Å². The Hall–Kier alpha value is -1.47. The highest BCUT2D eigenvalue weighted by atomic mass is 16.7. The molecule has 4 atom stereocenters. The maximum Gasteiger partial charge on any atom is 0.251 e. The molecule has 0 unspecified atom stereocenters. The lowest BCUT2D eigenvalue weighted by Crippen LogP contribution is -2.42. The number of benzene rings is 1. The van der Waals surface area contributed by atoms with E-state index in [9.17, 15) is 15.0 Å². The molecule has 0 fully saturated rings. The molecule has 1 aromatic carbocycles. The first-order valence-corrected chi connectivity index (χ1v) is 8.18. The molecule has 0 heterocycles. The van der Waals surface area contributed by atoms with Gasteiger partial charge in [0.1, 0.15) is 0 Å². The highest BCUT2D eigenvalue weighted by Crippen LogP contribution is 2.20. The molecule has 0 radical (unpaired) electrons. The number of hydrogen-bond donors (Lipinski definition) is 2. The topological polar surface area (TPSA) is 79.2 Å². The fourth-order valence-corrected chi connectivity index (χ4v) is 2.44. The van der Waals surface area contributed by atoms with E-state index in [0.717, 1.165) is 10.6 Å². The van der Waals surface area contributed by atoms with E-state index in [4.69, 9.17) is 9.57 Å². The standard InChI is InChI=1S/C18H29NO5/c1-13(17(21)14(2)18(22)19(3)23-4)16(20)10-11-24-12-15-8-6-5-7-9-15/h5-9,13-14,16-17,20-21H,10-12H2,1-4H3/t13-,14-,16+,17-/m1/s1. The second-order valence-corrected chi connectivity index (χ2v) is 6.05. The van der Waals surface area contributed by atoms with Gasteiger partial charge in [-0.05, 0) is 12.0 Å². The molecule has 24 heavy (non-hydrogen) atoms. The first-order valence-electron chi connectivity index (χ1n) is 8.18. The van der Waals surface area contributed by atoms with Gasteiger partial charge in [-0.3, -0.25) is 9.63 Å². The average molecular weight is 339 g/mol. The Kier molecular flexibility index (Phi) is 8.92. The Morgan fingerprint density at radius 1 is 1.21 bits per heavy atom. The van der Waals surface area contributed by atoms with Gasteiger partial charge in [-0.2, -0.15) is 0 Å². The van der Waals surface area contributed by atoms with E-state index in [1.54, 1.807) is 13.8 Å². The largest absolute Gasteiger partial charge is 0.393 e. The number of hydrogen-bond acceptors (Lipinski definition) is 5. The molecule has 0 saturated heterocycles. The Morgan fingerprint density at radius 3 is 2.42 bits per heavy atom. The maximum atomic E-state index is 12.0. The summed E-state index contributed by atoms with van der Waals surface area (Å²) in [4.78, 5) is 16.8.